The second-order valence-electron chi connectivity index (χ2n) is 4.04. The summed E-state index contributed by atoms with van der Waals surface area (Å²) in [7, 11) is 0. The van der Waals surface area contributed by atoms with Crippen molar-refractivity contribution < 1.29 is 0 Å². The lowest BCUT2D eigenvalue weighted by atomic mass is 10.1. The molecule has 0 saturated carbocycles. The minimum absolute atomic E-state index is 0.716. The molecule has 0 aliphatic rings. The van der Waals surface area contributed by atoms with Gasteiger partial charge in [-0.1, -0.05) is 41.9 Å². The first-order valence-electron chi connectivity index (χ1n) is 5.68. The van der Waals surface area contributed by atoms with E-state index < -0.39 is 0 Å². The van der Waals surface area contributed by atoms with Gasteiger partial charge in [-0.2, -0.15) is 0 Å². The number of aromatic nitrogens is 1. The zero-order chi connectivity index (χ0) is 12.4. The van der Waals surface area contributed by atoms with Crippen LogP contribution in [0.5, 0.6) is 0 Å². The van der Waals surface area contributed by atoms with E-state index in [4.69, 9.17) is 11.6 Å². The summed E-state index contributed by atoms with van der Waals surface area (Å²) in [5, 5.41) is 6.32. The van der Waals surface area contributed by atoms with Gasteiger partial charge in [-0.05, 0) is 18.2 Å². The Kier molecular flexibility index (Phi) is 2.87. The van der Waals surface area contributed by atoms with Crippen molar-refractivity contribution in [3.8, 4) is 0 Å². The van der Waals surface area contributed by atoms with Crippen molar-refractivity contribution in [1.82, 2.24) is 4.98 Å². The lowest BCUT2D eigenvalue weighted by molar-refractivity contribution is 1.35. The van der Waals surface area contributed by atoms with Gasteiger partial charge in [-0.25, -0.2) is 0 Å². The van der Waals surface area contributed by atoms with Crippen LogP contribution >= 0.6 is 11.6 Å². The van der Waals surface area contributed by atoms with E-state index in [2.05, 4.69) is 16.4 Å². The van der Waals surface area contributed by atoms with Crippen LogP contribution in [0.4, 0.5) is 11.4 Å². The van der Waals surface area contributed by atoms with E-state index in [1.807, 2.05) is 54.9 Å². The molecule has 0 unspecified atom stereocenters. The van der Waals surface area contributed by atoms with E-state index in [9.17, 15) is 0 Å². The lowest BCUT2D eigenvalue weighted by Gasteiger charge is -2.09. The Labute approximate surface area is 110 Å². The Hall–Kier alpha value is -2.06. The van der Waals surface area contributed by atoms with Gasteiger partial charge in [0.25, 0.3) is 0 Å². The lowest BCUT2D eigenvalue weighted by Crippen LogP contribution is -1.92. The molecule has 18 heavy (non-hydrogen) atoms. The van der Waals surface area contributed by atoms with Crippen molar-refractivity contribution in [2.24, 2.45) is 0 Å². The summed E-state index contributed by atoms with van der Waals surface area (Å²) in [4.78, 5) is 4.24. The molecule has 1 N–H and O–H groups in total. The number of pyridine rings is 1. The second kappa shape index (κ2) is 4.67. The summed E-state index contributed by atoms with van der Waals surface area (Å²) >= 11 is 5.97. The second-order valence-corrected chi connectivity index (χ2v) is 4.48. The van der Waals surface area contributed by atoms with Crippen LogP contribution in [0.3, 0.4) is 0 Å². The monoisotopic (exact) mass is 254 g/mol. The predicted molar refractivity (Wildman–Crippen MR) is 76.5 cm³/mol. The third-order valence-electron chi connectivity index (χ3n) is 2.77. The highest BCUT2D eigenvalue weighted by Gasteiger charge is 2.01. The van der Waals surface area contributed by atoms with Crippen molar-refractivity contribution in [3.63, 3.8) is 0 Å². The van der Waals surface area contributed by atoms with Crippen molar-refractivity contribution in [2.75, 3.05) is 5.32 Å². The largest absolute Gasteiger partial charge is 0.354 e. The molecule has 3 heteroatoms. The van der Waals surface area contributed by atoms with Crippen LogP contribution in [0.1, 0.15) is 0 Å². The number of halogens is 1. The number of rotatable bonds is 2. The van der Waals surface area contributed by atoms with Crippen molar-refractivity contribution in [2.45, 2.75) is 0 Å². The van der Waals surface area contributed by atoms with Gasteiger partial charge in [-0.3, -0.25) is 4.98 Å². The van der Waals surface area contributed by atoms with Crippen LogP contribution in [0, 0.1) is 0 Å². The summed E-state index contributed by atoms with van der Waals surface area (Å²) in [5.74, 6) is 0. The van der Waals surface area contributed by atoms with Crippen LogP contribution < -0.4 is 5.32 Å². The SMILES string of the molecule is Clc1cccc(Nc2cncc3ccccc23)c1. The molecule has 0 spiro atoms. The molecule has 1 heterocycles. The quantitative estimate of drug-likeness (QED) is 0.721. The van der Waals surface area contributed by atoms with Gasteiger partial charge >= 0.3 is 0 Å². The number of nitrogens with zero attached hydrogens (tertiary/aromatic N) is 1. The average Bonchev–Trinajstić information content (AvgIpc) is 2.39. The molecule has 3 rings (SSSR count). The van der Waals surface area contributed by atoms with Gasteiger partial charge < -0.3 is 5.32 Å². The standard InChI is InChI=1S/C15H11ClN2/c16-12-5-3-6-13(8-12)18-15-10-17-9-11-4-1-2-7-14(11)15/h1-10,18H. The number of anilines is 2. The fourth-order valence-electron chi connectivity index (χ4n) is 1.94. The molecule has 0 saturated heterocycles. The summed E-state index contributed by atoms with van der Waals surface area (Å²) < 4.78 is 0. The zero-order valence-electron chi connectivity index (χ0n) is 9.60. The van der Waals surface area contributed by atoms with Gasteiger partial charge in [0, 0.05) is 27.7 Å². The van der Waals surface area contributed by atoms with E-state index >= 15 is 0 Å². The van der Waals surface area contributed by atoms with Gasteiger partial charge in [0.15, 0.2) is 0 Å². The number of hydrogen-bond donors (Lipinski definition) is 1. The van der Waals surface area contributed by atoms with Crippen LogP contribution in [-0.2, 0) is 0 Å². The normalized spacial score (nSPS) is 10.5. The van der Waals surface area contributed by atoms with E-state index in [-0.39, 0.29) is 0 Å². The minimum atomic E-state index is 0.716. The highest BCUT2D eigenvalue weighted by Crippen LogP contribution is 2.26. The maximum Gasteiger partial charge on any atom is 0.0650 e. The van der Waals surface area contributed by atoms with Crippen LogP contribution in [0.25, 0.3) is 10.8 Å². The van der Waals surface area contributed by atoms with Gasteiger partial charge in [0.2, 0.25) is 0 Å². The molecule has 0 aliphatic carbocycles. The van der Waals surface area contributed by atoms with Crippen molar-refractivity contribution >= 4 is 33.7 Å². The van der Waals surface area contributed by atoms with Crippen LogP contribution in [0.2, 0.25) is 5.02 Å². The average molecular weight is 255 g/mol. The van der Waals surface area contributed by atoms with Crippen molar-refractivity contribution in [3.05, 3.63) is 65.9 Å². The highest BCUT2D eigenvalue weighted by molar-refractivity contribution is 6.30. The first-order chi connectivity index (χ1) is 8.83. The number of hydrogen-bond acceptors (Lipinski definition) is 2. The molecule has 0 amide bonds. The number of fused-ring (bicyclic) bond motifs is 1. The Morgan fingerprint density at radius 1 is 0.944 bits per heavy atom. The molecule has 1 aromatic heterocycles. The topological polar surface area (TPSA) is 24.9 Å². The summed E-state index contributed by atoms with van der Waals surface area (Å²) in [6, 6.07) is 15.8. The first kappa shape index (κ1) is 11.1. The molecule has 2 nitrogen and oxygen atoms in total. The number of nitrogens with one attached hydrogen (secondary N) is 1. The van der Waals surface area contributed by atoms with Crippen molar-refractivity contribution in [1.29, 1.82) is 0 Å². The molecule has 0 radical (unpaired) electrons. The Bertz CT molecular complexity index is 689. The number of benzene rings is 2. The fourth-order valence-corrected chi connectivity index (χ4v) is 2.13. The van der Waals surface area contributed by atoms with E-state index in [0.717, 1.165) is 22.1 Å². The summed E-state index contributed by atoms with van der Waals surface area (Å²) in [6.07, 6.45) is 3.68. The molecule has 0 aliphatic heterocycles. The van der Waals surface area contributed by atoms with Gasteiger partial charge in [-0.15, -0.1) is 0 Å². The molecular weight excluding hydrogens is 244 g/mol. The first-order valence-corrected chi connectivity index (χ1v) is 6.06. The molecule has 3 aromatic rings. The van der Waals surface area contributed by atoms with Crippen LogP contribution in [-0.4, -0.2) is 4.98 Å². The molecule has 2 aromatic carbocycles. The predicted octanol–water partition coefficient (Wildman–Crippen LogP) is 4.63. The van der Waals surface area contributed by atoms with E-state index in [1.165, 1.54) is 0 Å². The smallest absolute Gasteiger partial charge is 0.0650 e. The third kappa shape index (κ3) is 2.15. The summed E-state index contributed by atoms with van der Waals surface area (Å²) in [5.41, 5.74) is 1.94. The maximum absolute atomic E-state index is 5.97. The third-order valence-corrected chi connectivity index (χ3v) is 3.01. The molecule has 0 atom stereocenters. The Morgan fingerprint density at radius 3 is 2.72 bits per heavy atom. The summed E-state index contributed by atoms with van der Waals surface area (Å²) in [6.45, 7) is 0. The molecule has 0 fully saturated rings. The van der Waals surface area contributed by atoms with E-state index in [1.54, 1.807) is 0 Å². The highest BCUT2D eigenvalue weighted by atomic mass is 35.5. The molecular formula is C15H11ClN2. The maximum atomic E-state index is 5.97. The Morgan fingerprint density at radius 2 is 1.83 bits per heavy atom. The fraction of sp³-hybridized carbons (Fsp3) is 0. The molecule has 0 bridgehead atoms. The zero-order valence-corrected chi connectivity index (χ0v) is 10.4. The van der Waals surface area contributed by atoms with Crippen LogP contribution in [0.15, 0.2) is 60.9 Å². The minimum Gasteiger partial charge on any atom is -0.354 e. The van der Waals surface area contributed by atoms with Gasteiger partial charge in [0.05, 0.1) is 11.9 Å². The van der Waals surface area contributed by atoms with E-state index in [0.29, 0.717) is 5.02 Å². The molecule has 88 valence electrons. The Balaban J connectivity index is 2.05. The van der Waals surface area contributed by atoms with Gasteiger partial charge in [0.1, 0.15) is 0 Å².